The van der Waals surface area contributed by atoms with E-state index in [0.29, 0.717) is 30.6 Å². The summed E-state index contributed by atoms with van der Waals surface area (Å²) < 4.78 is 32.3. The molecule has 0 aromatic heterocycles. The predicted octanol–water partition coefficient (Wildman–Crippen LogP) is 3.50. The van der Waals surface area contributed by atoms with Crippen LogP contribution in [-0.2, 0) is 10.2 Å². The van der Waals surface area contributed by atoms with Gasteiger partial charge in [-0.15, -0.1) is 0 Å². The van der Waals surface area contributed by atoms with Crippen molar-refractivity contribution in [1.29, 1.82) is 0 Å². The van der Waals surface area contributed by atoms with Gasteiger partial charge in [0.25, 0.3) is 0 Å². The number of methoxy groups -OCH3 is 1. The second kappa shape index (κ2) is 6.84. The molecule has 0 saturated heterocycles. The maximum atomic E-state index is 14.2. The Morgan fingerprint density at radius 3 is 2.62 bits per heavy atom. The van der Waals surface area contributed by atoms with Gasteiger partial charge in [-0.05, 0) is 36.3 Å². The van der Waals surface area contributed by atoms with Gasteiger partial charge in [0, 0.05) is 31.7 Å². The van der Waals surface area contributed by atoms with Crippen LogP contribution in [0.1, 0.15) is 32.3 Å². The summed E-state index contributed by atoms with van der Waals surface area (Å²) in [6.45, 7) is 6.49. The van der Waals surface area contributed by atoms with E-state index < -0.39 is 11.6 Å². The lowest BCUT2D eigenvalue weighted by Gasteiger charge is -2.50. The summed E-state index contributed by atoms with van der Waals surface area (Å²) in [6, 6.07) is 3.96. The third-order valence-corrected chi connectivity index (χ3v) is 4.70. The van der Waals surface area contributed by atoms with Crippen LogP contribution in [0.2, 0.25) is 0 Å². The van der Waals surface area contributed by atoms with Crippen molar-refractivity contribution < 1.29 is 13.5 Å². The highest BCUT2D eigenvalue weighted by molar-refractivity contribution is 5.31. The molecule has 21 heavy (non-hydrogen) atoms. The zero-order chi connectivity index (χ0) is 15.5. The molecule has 0 atom stereocenters. The first kappa shape index (κ1) is 16.4. The summed E-state index contributed by atoms with van der Waals surface area (Å²) in [5, 5.41) is 3.34. The molecule has 1 N–H and O–H groups in total. The average molecular weight is 297 g/mol. The summed E-state index contributed by atoms with van der Waals surface area (Å²) in [7, 11) is 1.66. The van der Waals surface area contributed by atoms with Crippen LogP contribution in [0.5, 0.6) is 0 Å². The van der Waals surface area contributed by atoms with E-state index in [1.54, 1.807) is 13.2 Å². The smallest absolute Gasteiger partial charge is 0.129 e. The van der Waals surface area contributed by atoms with Crippen LogP contribution in [0.4, 0.5) is 8.78 Å². The summed E-state index contributed by atoms with van der Waals surface area (Å²) in [5.41, 5.74) is 0.436. The Bertz CT molecular complexity index is 470. The molecule has 1 aromatic carbocycles. The van der Waals surface area contributed by atoms with Crippen LogP contribution in [-0.4, -0.2) is 26.8 Å². The third-order valence-electron chi connectivity index (χ3n) is 4.70. The fourth-order valence-electron chi connectivity index (χ4n) is 3.30. The molecule has 2 nitrogen and oxygen atoms in total. The van der Waals surface area contributed by atoms with Gasteiger partial charge < -0.3 is 10.1 Å². The van der Waals surface area contributed by atoms with Crippen LogP contribution in [0.25, 0.3) is 0 Å². The number of ether oxygens (including phenoxy) is 1. The number of nitrogens with one attached hydrogen (secondary N) is 1. The largest absolute Gasteiger partial charge is 0.383 e. The Labute approximate surface area is 125 Å². The normalized spacial score (nSPS) is 25.1. The first-order chi connectivity index (χ1) is 9.98. The van der Waals surface area contributed by atoms with E-state index in [0.717, 1.165) is 25.5 Å². The number of benzene rings is 1. The molecule has 0 spiro atoms. The van der Waals surface area contributed by atoms with Crippen molar-refractivity contribution in [2.75, 3.05) is 26.8 Å². The first-order valence-corrected chi connectivity index (χ1v) is 7.64. The fraction of sp³-hybridized carbons (Fsp3) is 0.647. The highest BCUT2D eigenvalue weighted by Gasteiger charge is 2.47. The van der Waals surface area contributed by atoms with Crippen molar-refractivity contribution in [1.82, 2.24) is 5.32 Å². The van der Waals surface area contributed by atoms with Crippen molar-refractivity contribution in [3.63, 3.8) is 0 Å². The van der Waals surface area contributed by atoms with Gasteiger partial charge in [0.05, 0.1) is 6.61 Å². The number of halogens is 2. The molecule has 2 rings (SSSR count). The standard InChI is InChI=1S/C17H25F2NO/c1-12(2)13-9-17(10-13,11-20-6-7-21-3)15-5-4-14(18)8-16(15)19/h4-5,8,12-13,20H,6-7,9-11H2,1-3H3. The monoisotopic (exact) mass is 297 g/mol. The Hall–Kier alpha value is -1.00. The first-order valence-electron chi connectivity index (χ1n) is 7.64. The van der Waals surface area contributed by atoms with Crippen LogP contribution in [0, 0.1) is 23.5 Å². The van der Waals surface area contributed by atoms with E-state index in [9.17, 15) is 8.78 Å². The van der Waals surface area contributed by atoms with Crippen molar-refractivity contribution in [3.05, 3.63) is 35.4 Å². The lowest BCUT2D eigenvalue weighted by molar-refractivity contribution is 0.0917. The highest BCUT2D eigenvalue weighted by atomic mass is 19.1. The molecule has 118 valence electrons. The molecule has 1 aromatic rings. The van der Waals surface area contributed by atoms with Crippen LogP contribution in [0.3, 0.4) is 0 Å². The summed E-state index contributed by atoms with van der Waals surface area (Å²) in [5.74, 6) is 0.267. The van der Waals surface area contributed by atoms with Gasteiger partial charge in [-0.25, -0.2) is 8.78 Å². The fourth-order valence-corrected chi connectivity index (χ4v) is 3.30. The molecule has 0 unspecified atom stereocenters. The Kier molecular flexibility index (Phi) is 5.33. The third kappa shape index (κ3) is 3.61. The van der Waals surface area contributed by atoms with Crippen LogP contribution < -0.4 is 5.32 Å². The van der Waals surface area contributed by atoms with Gasteiger partial charge in [0.1, 0.15) is 11.6 Å². The van der Waals surface area contributed by atoms with E-state index in [1.165, 1.54) is 6.07 Å². The van der Waals surface area contributed by atoms with Crippen LogP contribution >= 0.6 is 0 Å². The molecule has 0 heterocycles. The van der Waals surface area contributed by atoms with E-state index in [-0.39, 0.29) is 5.41 Å². The minimum atomic E-state index is -0.515. The number of rotatable bonds is 7. The molecular weight excluding hydrogens is 272 g/mol. The van der Waals surface area contributed by atoms with Gasteiger partial charge >= 0.3 is 0 Å². The zero-order valence-corrected chi connectivity index (χ0v) is 13.1. The molecule has 0 amide bonds. The quantitative estimate of drug-likeness (QED) is 0.778. The lowest BCUT2D eigenvalue weighted by atomic mass is 9.55. The topological polar surface area (TPSA) is 21.3 Å². The molecule has 4 heteroatoms. The molecule has 1 aliphatic rings. The number of hydrogen-bond acceptors (Lipinski definition) is 2. The molecule has 0 aliphatic heterocycles. The highest BCUT2D eigenvalue weighted by Crippen LogP contribution is 2.51. The molecule has 1 saturated carbocycles. The van der Waals surface area contributed by atoms with Crippen molar-refractivity contribution in [3.8, 4) is 0 Å². The molecule has 1 fully saturated rings. The van der Waals surface area contributed by atoms with E-state index in [4.69, 9.17) is 4.74 Å². The Morgan fingerprint density at radius 1 is 1.33 bits per heavy atom. The van der Waals surface area contributed by atoms with Crippen molar-refractivity contribution >= 4 is 0 Å². The van der Waals surface area contributed by atoms with E-state index in [1.807, 2.05) is 0 Å². The second-order valence-electron chi connectivity index (χ2n) is 6.49. The summed E-state index contributed by atoms with van der Waals surface area (Å²) in [4.78, 5) is 0. The average Bonchev–Trinajstić information content (AvgIpc) is 2.37. The molecule has 0 radical (unpaired) electrons. The van der Waals surface area contributed by atoms with Crippen molar-refractivity contribution in [2.45, 2.75) is 32.1 Å². The van der Waals surface area contributed by atoms with E-state index in [2.05, 4.69) is 19.2 Å². The summed E-state index contributed by atoms with van der Waals surface area (Å²) in [6.07, 6.45) is 1.90. The lowest BCUT2D eigenvalue weighted by Crippen LogP contribution is -2.51. The molecular formula is C17H25F2NO. The number of hydrogen-bond donors (Lipinski definition) is 1. The predicted molar refractivity (Wildman–Crippen MR) is 80.3 cm³/mol. The Morgan fingerprint density at radius 2 is 2.05 bits per heavy atom. The summed E-state index contributed by atoms with van der Waals surface area (Å²) >= 11 is 0. The van der Waals surface area contributed by atoms with Gasteiger partial charge in [-0.3, -0.25) is 0 Å². The molecule has 1 aliphatic carbocycles. The van der Waals surface area contributed by atoms with Crippen LogP contribution in [0.15, 0.2) is 18.2 Å². The maximum Gasteiger partial charge on any atom is 0.129 e. The van der Waals surface area contributed by atoms with Crippen molar-refractivity contribution in [2.24, 2.45) is 11.8 Å². The maximum absolute atomic E-state index is 14.2. The van der Waals surface area contributed by atoms with Gasteiger partial charge in [-0.1, -0.05) is 19.9 Å². The minimum absolute atomic E-state index is 0.208. The second-order valence-corrected chi connectivity index (χ2v) is 6.49. The minimum Gasteiger partial charge on any atom is -0.383 e. The van der Waals surface area contributed by atoms with E-state index >= 15 is 0 Å². The Balaban J connectivity index is 2.13. The molecule has 0 bridgehead atoms. The zero-order valence-electron chi connectivity index (χ0n) is 13.1. The van der Waals surface area contributed by atoms with Gasteiger partial charge in [0.15, 0.2) is 0 Å². The SMILES string of the molecule is COCCNCC1(c2ccc(F)cc2F)CC(C(C)C)C1. The van der Waals surface area contributed by atoms with Gasteiger partial charge in [-0.2, -0.15) is 0 Å². The van der Waals surface area contributed by atoms with Gasteiger partial charge in [0.2, 0.25) is 0 Å².